The summed E-state index contributed by atoms with van der Waals surface area (Å²) < 4.78 is 30.6. The third kappa shape index (κ3) is 3.03. The van der Waals surface area contributed by atoms with Crippen molar-refractivity contribution in [2.75, 3.05) is 5.88 Å². The molecule has 0 saturated heterocycles. The Morgan fingerprint density at radius 3 is 2.60 bits per heavy atom. The standard InChI is InChI=1S/C12H13N3O4S/c13-12(14)15(7-20(17,18)19)11(16)10-5-8-3-1-2-4-9(8)6-10/h1-5H,6-7H2,(H3,13,14)(H,17,18,19). The van der Waals surface area contributed by atoms with Crippen LogP contribution in [-0.2, 0) is 21.3 Å². The van der Waals surface area contributed by atoms with Crippen LogP contribution in [-0.4, -0.2) is 35.6 Å². The number of hydrogen-bond acceptors (Lipinski definition) is 4. The van der Waals surface area contributed by atoms with Crippen molar-refractivity contribution in [1.82, 2.24) is 4.90 Å². The van der Waals surface area contributed by atoms with E-state index in [1.807, 2.05) is 24.3 Å². The molecule has 0 aliphatic heterocycles. The maximum Gasteiger partial charge on any atom is 0.283 e. The van der Waals surface area contributed by atoms with E-state index in [-0.39, 0.29) is 0 Å². The Morgan fingerprint density at radius 1 is 1.40 bits per heavy atom. The van der Waals surface area contributed by atoms with Gasteiger partial charge in [-0.3, -0.25) is 19.7 Å². The Hall–Kier alpha value is -2.19. The summed E-state index contributed by atoms with van der Waals surface area (Å²) in [5, 5.41) is 7.27. The van der Waals surface area contributed by atoms with Crippen LogP contribution in [0.4, 0.5) is 0 Å². The van der Waals surface area contributed by atoms with E-state index in [1.165, 1.54) is 0 Å². The summed E-state index contributed by atoms with van der Waals surface area (Å²) in [6.07, 6.45) is 1.96. The summed E-state index contributed by atoms with van der Waals surface area (Å²) in [5.74, 6) is -2.47. The van der Waals surface area contributed by atoms with Crippen molar-refractivity contribution in [3.8, 4) is 0 Å². The average Bonchev–Trinajstić information content (AvgIpc) is 2.77. The lowest BCUT2D eigenvalue weighted by Crippen LogP contribution is -2.44. The Labute approximate surface area is 116 Å². The first kappa shape index (κ1) is 14.2. The van der Waals surface area contributed by atoms with Crippen LogP contribution in [0.15, 0.2) is 29.8 Å². The van der Waals surface area contributed by atoms with Crippen LogP contribution in [0.2, 0.25) is 0 Å². The molecular weight excluding hydrogens is 282 g/mol. The van der Waals surface area contributed by atoms with E-state index in [2.05, 4.69) is 0 Å². The van der Waals surface area contributed by atoms with E-state index >= 15 is 0 Å². The van der Waals surface area contributed by atoms with Gasteiger partial charge in [0.2, 0.25) is 0 Å². The van der Waals surface area contributed by atoms with Gasteiger partial charge >= 0.3 is 0 Å². The number of amides is 1. The molecule has 0 saturated carbocycles. The number of rotatable bonds is 3. The Balaban J connectivity index is 2.25. The van der Waals surface area contributed by atoms with Crippen molar-refractivity contribution < 1.29 is 17.8 Å². The molecular formula is C12H13N3O4S. The zero-order valence-corrected chi connectivity index (χ0v) is 11.2. The molecule has 0 spiro atoms. The summed E-state index contributed by atoms with van der Waals surface area (Å²) in [6, 6.07) is 7.34. The third-order valence-corrected chi connectivity index (χ3v) is 3.45. The van der Waals surface area contributed by atoms with Gasteiger partial charge in [0.1, 0.15) is 0 Å². The van der Waals surface area contributed by atoms with Crippen molar-refractivity contribution in [1.29, 1.82) is 5.41 Å². The van der Waals surface area contributed by atoms with E-state index < -0.39 is 27.9 Å². The van der Waals surface area contributed by atoms with Crippen molar-refractivity contribution in [3.63, 3.8) is 0 Å². The highest BCUT2D eigenvalue weighted by atomic mass is 32.2. The first-order valence-corrected chi connectivity index (χ1v) is 7.28. The number of guanidine groups is 1. The normalized spacial score (nSPS) is 13.6. The molecule has 0 fully saturated rings. The molecule has 2 rings (SSSR count). The van der Waals surface area contributed by atoms with E-state index in [9.17, 15) is 13.2 Å². The maximum absolute atomic E-state index is 12.2. The summed E-state index contributed by atoms with van der Waals surface area (Å²) in [6.45, 7) is 0. The molecule has 20 heavy (non-hydrogen) atoms. The molecule has 0 unspecified atom stereocenters. The van der Waals surface area contributed by atoms with Gasteiger partial charge in [-0.2, -0.15) is 8.42 Å². The highest BCUT2D eigenvalue weighted by Crippen LogP contribution is 2.25. The lowest BCUT2D eigenvalue weighted by atomic mass is 10.1. The number of hydrogen-bond donors (Lipinski definition) is 3. The van der Waals surface area contributed by atoms with Crippen molar-refractivity contribution in [2.45, 2.75) is 6.42 Å². The zero-order valence-electron chi connectivity index (χ0n) is 10.4. The van der Waals surface area contributed by atoms with Crippen LogP contribution in [0.1, 0.15) is 11.1 Å². The fourth-order valence-electron chi connectivity index (χ4n) is 1.99. The second-order valence-corrected chi connectivity index (χ2v) is 5.80. The predicted molar refractivity (Wildman–Crippen MR) is 73.3 cm³/mol. The number of nitrogens with one attached hydrogen (secondary N) is 1. The van der Waals surface area contributed by atoms with Crippen molar-refractivity contribution >= 4 is 28.1 Å². The number of carbonyl (C=O) groups is 1. The maximum atomic E-state index is 12.2. The molecule has 0 aromatic heterocycles. The first-order chi connectivity index (χ1) is 9.28. The highest BCUT2D eigenvalue weighted by Gasteiger charge is 2.27. The molecule has 1 aromatic carbocycles. The summed E-state index contributed by atoms with van der Waals surface area (Å²) in [7, 11) is -4.45. The highest BCUT2D eigenvalue weighted by molar-refractivity contribution is 7.85. The second-order valence-electron chi connectivity index (χ2n) is 4.37. The fraction of sp³-hybridized carbons (Fsp3) is 0.167. The van der Waals surface area contributed by atoms with Gasteiger partial charge in [-0.1, -0.05) is 24.3 Å². The molecule has 106 valence electrons. The molecule has 8 heteroatoms. The molecule has 1 aliphatic rings. The van der Waals surface area contributed by atoms with Crippen LogP contribution < -0.4 is 5.73 Å². The topological polar surface area (TPSA) is 125 Å². The number of fused-ring (bicyclic) bond motifs is 1. The minimum atomic E-state index is -4.45. The van der Waals surface area contributed by atoms with Gasteiger partial charge in [0, 0.05) is 12.0 Å². The molecule has 7 nitrogen and oxygen atoms in total. The first-order valence-electron chi connectivity index (χ1n) is 5.67. The van der Waals surface area contributed by atoms with Crippen molar-refractivity contribution in [2.24, 2.45) is 5.73 Å². The molecule has 4 N–H and O–H groups in total. The lowest BCUT2D eigenvalue weighted by Gasteiger charge is -2.19. The van der Waals surface area contributed by atoms with E-state index in [4.69, 9.17) is 15.7 Å². The monoisotopic (exact) mass is 295 g/mol. The van der Waals surface area contributed by atoms with E-state index in [1.54, 1.807) is 6.08 Å². The van der Waals surface area contributed by atoms with Gasteiger partial charge in [-0.25, -0.2) is 0 Å². The molecule has 0 atom stereocenters. The van der Waals surface area contributed by atoms with Crippen LogP contribution in [0.25, 0.3) is 6.08 Å². The largest absolute Gasteiger partial charge is 0.370 e. The molecule has 1 amide bonds. The fourth-order valence-corrected chi connectivity index (χ4v) is 2.57. The Kier molecular flexibility index (Phi) is 3.60. The Bertz CT molecular complexity index is 709. The van der Waals surface area contributed by atoms with Crippen LogP contribution in [0.3, 0.4) is 0 Å². The molecule has 0 bridgehead atoms. The summed E-state index contributed by atoms with van der Waals surface area (Å²) in [5.41, 5.74) is 7.33. The van der Waals surface area contributed by atoms with E-state index in [0.717, 1.165) is 11.1 Å². The van der Waals surface area contributed by atoms with Gasteiger partial charge in [0.05, 0.1) is 0 Å². The van der Waals surface area contributed by atoms with E-state index in [0.29, 0.717) is 16.9 Å². The predicted octanol–water partition coefficient (Wildman–Crippen LogP) is 0.193. The Morgan fingerprint density at radius 2 is 2.05 bits per heavy atom. The number of nitrogens with two attached hydrogens (primary N) is 1. The SMILES string of the molecule is N=C(N)N(CS(=O)(=O)O)C(=O)C1=Cc2ccccc2C1. The van der Waals surface area contributed by atoms with Gasteiger partial charge < -0.3 is 5.73 Å². The van der Waals surface area contributed by atoms with Crippen LogP contribution >= 0.6 is 0 Å². The number of carbonyl (C=O) groups excluding carboxylic acids is 1. The van der Waals surface area contributed by atoms with Crippen LogP contribution in [0.5, 0.6) is 0 Å². The van der Waals surface area contributed by atoms with Gasteiger partial charge in [0.15, 0.2) is 11.8 Å². The number of nitrogens with zero attached hydrogens (tertiary/aromatic N) is 1. The number of benzene rings is 1. The quantitative estimate of drug-likeness (QED) is 0.417. The smallest absolute Gasteiger partial charge is 0.283 e. The minimum absolute atomic E-state index is 0.324. The van der Waals surface area contributed by atoms with Gasteiger partial charge in [0.25, 0.3) is 16.0 Å². The third-order valence-electron chi connectivity index (χ3n) is 2.87. The zero-order chi connectivity index (χ0) is 14.9. The molecule has 1 aliphatic carbocycles. The second kappa shape index (κ2) is 5.06. The average molecular weight is 295 g/mol. The molecule has 0 radical (unpaired) electrons. The van der Waals surface area contributed by atoms with Crippen molar-refractivity contribution in [3.05, 3.63) is 41.0 Å². The molecule has 0 heterocycles. The van der Waals surface area contributed by atoms with Gasteiger partial charge in [-0.15, -0.1) is 0 Å². The summed E-state index contributed by atoms with van der Waals surface area (Å²) >= 11 is 0. The lowest BCUT2D eigenvalue weighted by molar-refractivity contribution is -0.123. The van der Waals surface area contributed by atoms with Gasteiger partial charge in [-0.05, 0) is 17.2 Å². The van der Waals surface area contributed by atoms with Crippen LogP contribution in [0, 0.1) is 5.41 Å². The molecule has 1 aromatic rings. The minimum Gasteiger partial charge on any atom is -0.370 e. The summed E-state index contributed by atoms with van der Waals surface area (Å²) in [4.78, 5) is 12.7.